The Kier molecular flexibility index (Phi) is 4.63. The lowest BCUT2D eigenvalue weighted by Crippen LogP contribution is -2.18. The Bertz CT molecular complexity index is 567. The summed E-state index contributed by atoms with van der Waals surface area (Å²) in [6, 6.07) is 4.25. The molecule has 0 saturated carbocycles. The largest absolute Gasteiger partial charge is 0.422 e. The van der Waals surface area contributed by atoms with E-state index in [1.54, 1.807) is 12.4 Å². The zero-order valence-electron chi connectivity index (χ0n) is 12.1. The number of ether oxygens (including phenoxy) is 1. The zero-order chi connectivity index (χ0) is 14.5. The van der Waals surface area contributed by atoms with E-state index in [1.165, 1.54) is 0 Å². The second kappa shape index (κ2) is 6.43. The fraction of sp³-hybridized carbons (Fsp3) is 0.400. The standard InChI is InChI=1S/C15H20N4O/c1-4-13-14(6-5-11(3)19-13)20-15-17-8-12(9-18-15)7-10(2)16/h5-6,8-10H,4,7,16H2,1-3H3. The monoisotopic (exact) mass is 272 g/mol. The van der Waals surface area contributed by atoms with Gasteiger partial charge in [-0.15, -0.1) is 0 Å². The minimum atomic E-state index is 0.0957. The maximum atomic E-state index is 5.74. The highest BCUT2D eigenvalue weighted by Crippen LogP contribution is 2.22. The van der Waals surface area contributed by atoms with E-state index >= 15 is 0 Å². The Morgan fingerprint density at radius 3 is 2.55 bits per heavy atom. The van der Waals surface area contributed by atoms with Gasteiger partial charge in [-0.2, -0.15) is 0 Å². The van der Waals surface area contributed by atoms with Crippen LogP contribution in [0.25, 0.3) is 0 Å². The van der Waals surface area contributed by atoms with Crippen molar-refractivity contribution in [3.8, 4) is 11.8 Å². The molecule has 0 saturated heterocycles. The summed E-state index contributed by atoms with van der Waals surface area (Å²) < 4.78 is 5.70. The van der Waals surface area contributed by atoms with Gasteiger partial charge in [0.1, 0.15) is 0 Å². The van der Waals surface area contributed by atoms with Gasteiger partial charge in [-0.05, 0) is 44.4 Å². The van der Waals surface area contributed by atoms with Gasteiger partial charge < -0.3 is 10.5 Å². The first kappa shape index (κ1) is 14.4. The Morgan fingerprint density at radius 1 is 1.25 bits per heavy atom. The molecule has 20 heavy (non-hydrogen) atoms. The summed E-state index contributed by atoms with van der Waals surface area (Å²) in [4.78, 5) is 12.9. The van der Waals surface area contributed by atoms with Crippen LogP contribution in [0.4, 0.5) is 0 Å². The Balaban J connectivity index is 2.14. The van der Waals surface area contributed by atoms with E-state index in [0.717, 1.165) is 29.8 Å². The van der Waals surface area contributed by atoms with Crippen LogP contribution in [-0.2, 0) is 12.8 Å². The van der Waals surface area contributed by atoms with Crippen molar-refractivity contribution in [3.05, 3.63) is 41.5 Å². The van der Waals surface area contributed by atoms with Crippen molar-refractivity contribution >= 4 is 0 Å². The Hall–Kier alpha value is -2.01. The predicted molar refractivity (Wildman–Crippen MR) is 77.8 cm³/mol. The maximum absolute atomic E-state index is 5.74. The summed E-state index contributed by atoms with van der Waals surface area (Å²) in [6.45, 7) is 5.96. The van der Waals surface area contributed by atoms with Crippen LogP contribution in [0.3, 0.4) is 0 Å². The highest BCUT2D eigenvalue weighted by atomic mass is 16.5. The van der Waals surface area contributed by atoms with Crippen LogP contribution in [0.15, 0.2) is 24.5 Å². The molecule has 5 nitrogen and oxygen atoms in total. The van der Waals surface area contributed by atoms with Gasteiger partial charge in [0, 0.05) is 24.1 Å². The molecule has 0 radical (unpaired) electrons. The third kappa shape index (κ3) is 3.74. The van der Waals surface area contributed by atoms with Crippen LogP contribution in [0.2, 0.25) is 0 Å². The van der Waals surface area contributed by atoms with Gasteiger partial charge in [-0.1, -0.05) is 6.92 Å². The fourth-order valence-electron chi connectivity index (χ4n) is 1.92. The van der Waals surface area contributed by atoms with Crippen molar-refractivity contribution in [1.82, 2.24) is 15.0 Å². The van der Waals surface area contributed by atoms with Gasteiger partial charge in [0.2, 0.25) is 0 Å². The first-order chi connectivity index (χ1) is 9.58. The molecule has 2 rings (SSSR count). The third-order valence-electron chi connectivity index (χ3n) is 2.85. The molecule has 0 aliphatic rings. The molecule has 2 aromatic heterocycles. The predicted octanol–water partition coefficient (Wildman–Crippen LogP) is 2.42. The molecule has 2 N–H and O–H groups in total. The smallest absolute Gasteiger partial charge is 0.321 e. The summed E-state index contributed by atoms with van der Waals surface area (Å²) >= 11 is 0. The molecule has 1 atom stereocenters. The molecule has 2 heterocycles. The van der Waals surface area contributed by atoms with Gasteiger partial charge in [-0.3, -0.25) is 4.98 Å². The lowest BCUT2D eigenvalue weighted by molar-refractivity contribution is 0.433. The second-order valence-electron chi connectivity index (χ2n) is 4.91. The third-order valence-corrected chi connectivity index (χ3v) is 2.85. The van der Waals surface area contributed by atoms with Crippen LogP contribution in [0.5, 0.6) is 11.8 Å². The van der Waals surface area contributed by atoms with Gasteiger partial charge in [0.05, 0.1) is 5.69 Å². The van der Waals surface area contributed by atoms with E-state index in [4.69, 9.17) is 10.5 Å². The zero-order valence-corrected chi connectivity index (χ0v) is 12.1. The van der Waals surface area contributed by atoms with E-state index in [2.05, 4.69) is 15.0 Å². The molecular formula is C15H20N4O. The van der Waals surface area contributed by atoms with Crippen molar-refractivity contribution in [2.45, 2.75) is 39.7 Å². The van der Waals surface area contributed by atoms with Crippen LogP contribution in [-0.4, -0.2) is 21.0 Å². The van der Waals surface area contributed by atoms with E-state index in [1.807, 2.05) is 32.9 Å². The summed E-state index contributed by atoms with van der Waals surface area (Å²) in [5.41, 5.74) is 8.63. The molecular weight excluding hydrogens is 252 g/mol. The molecule has 1 unspecified atom stereocenters. The van der Waals surface area contributed by atoms with Crippen molar-refractivity contribution in [2.75, 3.05) is 0 Å². The van der Waals surface area contributed by atoms with Crippen molar-refractivity contribution in [2.24, 2.45) is 5.73 Å². The van der Waals surface area contributed by atoms with Crippen LogP contribution in [0, 0.1) is 6.92 Å². The van der Waals surface area contributed by atoms with Crippen molar-refractivity contribution in [1.29, 1.82) is 0 Å². The fourth-order valence-corrected chi connectivity index (χ4v) is 1.92. The number of rotatable bonds is 5. The van der Waals surface area contributed by atoms with E-state index in [-0.39, 0.29) is 6.04 Å². The average molecular weight is 272 g/mol. The van der Waals surface area contributed by atoms with Gasteiger partial charge in [0.15, 0.2) is 5.75 Å². The van der Waals surface area contributed by atoms with Gasteiger partial charge in [0.25, 0.3) is 0 Å². The lowest BCUT2D eigenvalue weighted by Gasteiger charge is -2.09. The molecule has 0 amide bonds. The van der Waals surface area contributed by atoms with Crippen LogP contribution >= 0.6 is 0 Å². The minimum absolute atomic E-state index is 0.0957. The molecule has 0 fully saturated rings. The van der Waals surface area contributed by atoms with Gasteiger partial charge in [-0.25, -0.2) is 9.97 Å². The molecule has 0 spiro atoms. The van der Waals surface area contributed by atoms with E-state index in [0.29, 0.717) is 11.8 Å². The average Bonchev–Trinajstić information content (AvgIpc) is 2.42. The number of hydrogen-bond acceptors (Lipinski definition) is 5. The highest BCUT2D eigenvalue weighted by molar-refractivity contribution is 5.31. The van der Waals surface area contributed by atoms with E-state index < -0.39 is 0 Å². The van der Waals surface area contributed by atoms with Gasteiger partial charge >= 0.3 is 6.01 Å². The van der Waals surface area contributed by atoms with Crippen LogP contribution < -0.4 is 10.5 Å². The first-order valence-corrected chi connectivity index (χ1v) is 6.79. The molecule has 0 bridgehead atoms. The Morgan fingerprint density at radius 2 is 1.95 bits per heavy atom. The quantitative estimate of drug-likeness (QED) is 0.904. The molecule has 0 aromatic carbocycles. The topological polar surface area (TPSA) is 73.9 Å². The molecule has 0 aliphatic carbocycles. The number of nitrogens with zero attached hydrogens (tertiary/aromatic N) is 3. The lowest BCUT2D eigenvalue weighted by atomic mass is 10.1. The highest BCUT2D eigenvalue weighted by Gasteiger charge is 2.07. The number of pyridine rings is 1. The maximum Gasteiger partial charge on any atom is 0.321 e. The summed E-state index contributed by atoms with van der Waals surface area (Å²) in [6.07, 6.45) is 5.06. The molecule has 0 aliphatic heterocycles. The first-order valence-electron chi connectivity index (χ1n) is 6.79. The second-order valence-corrected chi connectivity index (χ2v) is 4.91. The normalized spacial score (nSPS) is 12.2. The van der Waals surface area contributed by atoms with Crippen molar-refractivity contribution in [3.63, 3.8) is 0 Å². The summed E-state index contributed by atoms with van der Waals surface area (Å²) in [5, 5.41) is 0. The molecule has 2 aromatic rings. The van der Waals surface area contributed by atoms with Crippen LogP contribution in [0.1, 0.15) is 30.8 Å². The molecule has 106 valence electrons. The Labute approximate surface area is 119 Å². The number of aromatic nitrogens is 3. The van der Waals surface area contributed by atoms with E-state index in [9.17, 15) is 0 Å². The minimum Gasteiger partial charge on any atom is -0.422 e. The number of nitrogens with two attached hydrogens (primary N) is 1. The SMILES string of the molecule is CCc1nc(C)ccc1Oc1ncc(CC(C)N)cn1. The molecule has 5 heteroatoms. The number of aryl methyl sites for hydroxylation is 2. The summed E-state index contributed by atoms with van der Waals surface area (Å²) in [7, 11) is 0. The van der Waals surface area contributed by atoms with Crippen molar-refractivity contribution < 1.29 is 4.74 Å². The summed E-state index contributed by atoms with van der Waals surface area (Å²) in [5.74, 6) is 0.707. The number of hydrogen-bond donors (Lipinski definition) is 1.